The van der Waals surface area contributed by atoms with E-state index in [1.807, 2.05) is 30.3 Å². The number of unbranched alkanes of at least 4 members (excludes halogenated alkanes) is 3. The van der Waals surface area contributed by atoms with Crippen LogP contribution in [0.2, 0.25) is 0 Å². The second-order valence-electron chi connectivity index (χ2n) is 4.46. The summed E-state index contributed by atoms with van der Waals surface area (Å²) in [6, 6.07) is 9.60. The first-order chi connectivity index (χ1) is 9.33. The maximum atomic E-state index is 11.5. The van der Waals surface area contributed by atoms with Gasteiger partial charge in [0.2, 0.25) is 5.91 Å². The molecule has 1 aromatic carbocycles. The SMILES string of the molecule is Cl.NCCCCCCC(=O)NCCOc1ccccc1. The van der Waals surface area contributed by atoms with Crippen molar-refractivity contribution < 1.29 is 9.53 Å². The van der Waals surface area contributed by atoms with Crippen molar-refractivity contribution in [1.29, 1.82) is 0 Å². The summed E-state index contributed by atoms with van der Waals surface area (Å²) in [6.45, 7) is 1.79. The number of nitrogens with two attached hydrogens (primary N) is 1. The van der Waals surface area contributed by atoms with Crippen LogP contribution in [0, 0.1) is 0 Å². The van der Waals surface area contributed by atoms with E-state index in [9.17, 15) is 4.79 Å². The Balaban J connectivity index is 0.00000361. The summed E-state index contributed by atoms with van der Waals surface area (Å²) in [5, 5.41) is 2.86. The van der Waals surface area contributed by atoms with Gasteiger partial charge in [-0.3, -0.25) is 4.79 Å². The molecular formula is C15H25ClN2O2. The van der Waals surface area contributed by atoms with Crippen LogP contribution < -0.4 is 15.8 Å². The van der Waals surface area contributed by atoms with Crippen LogP contribution in [-0.4, -0.2) is 25.6 Å². The lowest BCUT2D eigenvalue weighted by molar-refractivity contribution is -0.121. The Bertz CT molecular complexity index is 347. The molecule has 0 radical (unpaired) electrons. The van der Waals surface area contributed by atoms with Crippen molar-refractivity contribution in [3.05, 3.63) is 30.3 Å². The summed E-state index contributed by atoms with van der Waals surface area (Å²) in [4.78, 5) is 11.5. The van der Waals surface area contributed by atoms with Gasteiger partial charge in [0.15, 0.2) is 0 Å². The number of rotatable bonds is 10. The van der Waals surface area contributed by atoms with Gasteiger partial charge >= 0.3 is 0 Å². The molecule has 0 heterocycles. The molecule has 0 unspecified atom stereocenters. The standard InChI is InChI=1S/C15H24N2O2.ClH/c16-11-7-2-1-6-10-15(18)17-12-13-19-14-8-4-3-5-9-14;/h3-5,8-9H,1-2,6-7,10-13,16H2,(H,17,18);1H. The maximum Gasteiger partial charge on any atom is 0.220 e. The highest BCUT2D eigenvalue weighted by atomic mass is 35.5. The molecule has 0 saturated heterocycles. The minimum atomic E-state index is 0. The fourth-order valence-electron chi connectivity index (χ4n) is 1.75. The minimum absolute atomic E-state index is 0. The zero-order valence-electron chi connectivity index (χ0n) is 11.8. The van der Waals surface area contributed by atoms with E-state index in [0.29, 0.717) is 19.6 Å². The zero-order chi connectivity index (χ0) is 13.8. The van der Waals surface area contributed by atoms with E-state index in [0.717, 1.165) is 38.0 Å². The Morgan fingerprint density at radius 2 is 1.80 bits per heavy atom. The molecule has 0 aromatic heterocycles. The minimum Gasteiger partial charge on any atom is -0.492 e. The lowest BCUT2D eigenvalue weighted by Crippen LogP contribution is -2.27. The molecule has 0 saturated carbocycles. The number of halogens is 1. The van der Waals surface area contributed by atoms with Gasteiger partial charge in [-0.1, -0.05) is 31.0 Å². The summed E-state index contributed by atoms with van der Waals surface area (Å²) in [7, 11) is 0. The molecule has 0 bridgehead atoms. The largest absolute Gasteiger partial charge is 0.492 e. The summed E-state index contributed by atoms with van der Waals surface area (Å²) in [5.74, 6) is 0.933. The molecule has 1 rings (SSSR count). The van der Waals surface area contributed by atoms with Crippen LogP contribution in [0.4, 0.5) is 0 Å². The third kappa shape index (κ3) is 9.64. The van der Waals surface area contributed by atoms with Crippen LogP contribution in [0.15, 0.2) is 30.3 Å². The highest BCUT2D eigenvalue weighted by Gasteiger charge is 2.00. The number of carbonyl (C=O) groups is 1. The van der Waals surface area contributed by atoms with Gasteiger partial charge in [-0.05, 0) is 31.5 Å². The highest BCUT2D eigenvalue weighted by Crippen LogP contribution is 2.07. The van der Waals surface area contributed by atoms with Crippen LogP contribution in [0.3, 0.4) is 0 Å². The highest BCUT2D eigenvalue weighted by molar-refractivity contribution is 5.85. The molecule has 3 N–H and O–H groups in total. The Morgan fingerprint density at radius 1 is 1.10 bits per heavy atom. The van der Waals surface area contributed by atoms with Crippen molar-refractivity contribution in [2.75, 3.05) is 19.7 Å². The molecule has 0 aliphatic carbocycles. The van der Waals surface area contributed by atoms with Gasteiger partial charge in [-0.15, -0.1) is 12.4 Å². The summed E-state index contributed by atoms with van der Waals surface area (Å²) in [5.41, 5.74) is 5.41. The van der Waals surface area contributed by atoms with Crippen molar-refractivity contribution in [2.24, 2.45) is 5.73 Å². The molecule has 0 aliphatic rings. The third-order valence-corrected chi connectivity index (χ3v) is 2.79. The molecule has 0 fully saturated rings. The van der Waals surface area contributed by atoms with E-state index < -0.39 is 0 Å². The fraction of sp³-hybridized carbons (Fsp3) is 0.533. The monoisotopic (exact) mass is 300 g/mol. The van der Waals surface area contributed by atoms with Crippen molar-refractivity contribution >= 4 is 18.3 Å². The Kier molecular flexibility index (Phi) is 12.0. The van der Waals surface area contributed by atoms with E-state index in [4.69, 9.17) is 10.5 Å². The molecule has 0 aliphatic heterocycles. The van der Waals surface area contributed by atoms with Crippen LogP contribution in [-0.2, 0) is 4.79 Å². The fourth-order valence-corrected chi connectivity index (χ4v) is 1.75. The number of nitrogens with one attached hydrogen (secondary N) is 1. The van der Waals surface area contributed by atoms with Gasteiger partial charge in [-0.2, -0.15) is 0 Å². The maximum absolute atomic E-state index is 11.5. The summed E-state index contributed by atoms with van der Waals surface area (Å²) < 4.78 is 5.49. The lowest BCUT2D eigenvalue weighted by atomic mass is 10.1. The number of ether oxygens (including phenoxy) is 1. The van der Waals surface area contributed by atoms with Crippen molar-refractivity contribution in [3.63, 3.8) is 0 Å². The summed E-state index contributed by atoms with van der Waals surface area (Å²) in [6.07, 6.45) is 4.76. The zero-order valence-corrected chi connectivity index (χ0v) is 12.7. The quantitative estimate of drug-likeness (QED) is 0.653. The third-order valence-electron chi connectivity index (χ3n) is 2.79. The molecular weight excluding hydrogens is 276 g/mol. The number of para-hydroxylation sites is 1. The first-order valence-corrected chi connectivity index (χ1v) is 6.97. The molecule has 5 heteroatoms. The van der Waals surface area contributed by atoms with E-state index in [1.54, 1.807) is 0 Å². The summed E-state index contributed by atoms with van der Waals surface area (Å²) >= 11 is 0. The number of hydrogen-bond donors (Lipinski definition) is 2. The van der Waals surface area contributed by atoms with Crippen molar-refractivity contribution in [3.8, 4) is 5.75 Å². The lowest BCUT2D eigenvalue weighted by Gasteiger charge is -2.07. The van der Waals surface area contributed by atoms with Gasteiger partial charge in [0, 0.05) is 6.42 Å². The average molecular weight is 301 g/mol. The molecule has 1 aromatic rings. The van der Waals surface area contributed by atoms with Gasteiger partial charge in [0.1, 0.15) is 12.4 Å². The van der Waals surface area contributed by atoms with Crippen LogP contribution in [0.25, 0.3) is 0 Å². The van der Waals surface area contributed by atoms with Crippen molar-refractivity contribution in [1.82, 2.24) is 5.32 Å². The van der Waals surface area contributed by atoms with Gasteiger partial charge in [0.25, 0.3) is 0 Å². The van der Waals surface area contributed by atoms with Crippen molar-refractivity contribution in [2.45, 2.75) is 32.1 Å². The van der Waals surface area contributed by atoms with E-state index in [1.165, 1.54) is 0 Å². The van der Waals surface area contributed by atoms with E-state index in [2.05, 4.69) is 5.32 Å². The molecule has 0 spiro atoms. The topological polar surface area (TPSA) is 64.4 Å². The Labute approximate surface area is 127 Å². The van der Waals surface area contributed by atoms with Crippen LogP contribution in [0.1, 0.15) is 32.1 Å². The molecule has 114 valence electrons. The van der Waals surface area contributed by atoms with E-state index in [-0.39, 0.29) is 18.3 Å². The van der Waals surface area contributed by atoms with Gasteiger partial charge in [-0.25, -0.2) is 0 Å². The predicted octanol–water partition coefficient (Wildman–Crippen LogP) is 2.51. The first kappa shape index (κ1) is 18.7. The smallest absolute Gasteiger partial charge is 0.220 e. The molecule has 20 heavy (non-hydrogen) atoms. The van der Waals surface area contributed by atoms with Gasteiger partial charge < -0.3 is 15.8 Å². The van der Waals surface area contributed by atoms with Crippen LogP contribution in [0.5, 0.6) is 5.75 Å². The number of hydrogen-bond acceptors (Lipinski definition) is 3. The second kappa shape index (κ2) is 12.8. The molecule has 4 nitrogen and oxygen atoms in total. The Hall–Kier alpha value is -1.26. The number of amides is 1. The predicted molar refractivity (Wildman–Crippen MR) is 84.3 cm³/mol. The molecule has 1 amide bonds. The van der Waals surface area contributed by atoms with E-state index >= 15 is 0 Å². The first-order valence-electron chi connectivity index (χ1n) is 6.97. The Morgan fingerprint density at radius 3 is 2.50 bits per heavy atom. The normalized spacial score (nSPS) is 9.65. The average Bonchev–Trinajstić information content (AvgIpc) is 2.44. The van der Waals surface area contributed by atoms with Crippen LogP contribution >= 0.6 is 12.4 Å². The number of benzene rings is 1. The van der Waals surface area contributed by atoms with Gasteiger partial charge in [0.05, 0.1) is 6.54 Å². The number of carbonyl (C=O) groups excluding carboxylic acids is 1. The second-order valence-corrected chi connectivity index (χ2v) is 4.46. The molecule has 0 atom stereocenters.